The van der Waals surface area contributed by atoms with Gasteiger partial charge in [0.15, 0.2) is 6.04 Å². The van der Waals surface area contributed by atoms with Crippen molar-refractivity contribution in [3.8, 4) is 0 Å². The fourth-order valence-electron chi connectivity index (χ4n) is 1.91. The van der Waals surface area contributed by atoms with Gasteiger partial charge in [0.25, 0.3) is 0 Å². The van der Waals surface area contributed by atoms with E-state index >= 15 is 0 Å². The molecular formula is C19H23FeNO5S+2. The number of rotatable bonds is 9. The van der Waals surface area contributed by atoms with Crippen LogP contribution in [-0.4, -0.2) is 54.0 Å². The van der Waals surface area contributed by atoms with E-state index in [1.165, 1.54) is 18.9 Å². The monoisotopic (exact) mass is 433 g/mol. The molecule has 0 aromatic rings. The second kappa shape index (κ2) is 16.4. The van der Waals surface area contributed by atoms with Gasteiger partial charge in [0.2, 0.25) is 5.91 Å². The van der Waals surface area contributed by atoms with Crippen LogP contribution in [-0.2, 0) is 36.2 Å². The average Bonchev–Trinajstić information content (AvgIpc) is 3.38. The Bertz CT molecular complexity index is 432. The van der Waals surface area contributed by atoms with Gasteiger partial charge in [-0.3, -0.25) is 9.59 Å². The van der Waals surface area contributed by atoms with Crippen molar-refractivity contribution < 1.29 is 41.3 Å². The number of ketones is 1. The first-order valence-electron chi connectivity index (χ1n) is 8.06. The predicted molar refractivity (Wildman–Crippen MR) is 99.9 cm³/mol. The van der Waals surface area contributed by atoms with E-state index < -0.39 is 18.6 Å². The Morgan fingerprint density at radius 3 is 2.11 bits per heavy atom. The summed E-state index contributed by atoms with van der Waals surface area (Å²) in [5.41, 5.74) is 0. The van der Waals surface area contributed by atoms with Crippen LogP contribution >= 0.6 is 11.8 Å². The number of hydrogen-bond donors (Lipinski definition) is 2. The Hall–Kier alpha value is -0.561. The number of amides is 1. The Morgan fingerprint density at radius 1 is 1.07 bits per heavy atom. The van der Waals surface area contributed by atoms with E-state index in [-0.39, 0.29) is 34.5 Å². The minimum Gasteiger partial charge on any atom is -0.467 e. The fraction of sp³-hybridized carbons (Fsp3) is 0.316. The zero-order valence-corrected chi connectivity index (χ0v) is 16.9. The van der Waals surface area contributed by atoms with Crippen molar-refractivity contribution in [1.29, 1.82) is 0 Å². The van der Waals surface area contributed by atoms with Gasteiger partial charge in [-0.15, -0.1) is 0 Å². The van der Waals surface area contributed by atoms with E-state index in [0.717, 1.165) is 0 Å². The summed E-state index contributed by atoms with van der Waals surface area (Å²) in [6.45, 7) is -0.515. The molecular weight excluding hydrogens is 410 g/mol. The molecule has 0 saturated heterocycles. The molecule has 146 valence electrons. The van der Waals surface area contributed by atoms with Crippen molar-refractivity contribution >= 4 is 29.4 Å². The van der Waals surface area contributed by atoms with Crippen LogP contribution in [0.4, 0.5) is 0 Å². The zero-order chi connectivity index (χ0) is 19.2. The van der Waals surface area contributed by atoms with Gasteiger partial charge in [-0.2, -0.15) is 11.8 Å². The van der Waals surface area contributed by atoms with Gasteiger partial charge >= 0.3 is 23.0 Å². The maximum atomic E-state index is 11.7. The number of aliphatic hydroxyl groups excluding tert-OH is 1. The van der Waals surface area contributed by atoms with Crippen LogP contribution in [0.1, 0.15) is 6.42 Å². The van der Waals surface area contributed by atoms with Crippen LogP contribution in [0.3, 0.4) is 0 Å². The summed E-state index contributed by atoms with van der Waals surface area (Å²) in [6, 6.07) is -1.05. The Morgan fingerprint density at radius 2 is 1.63 bits per heavy atom. The van der Waals surface area contributed by atoms with Crippen LogP contribution in [0.2, 0.25) is 0 Å². The third-order valence-corrected chi connectivity index (χ3v) is 4.21. The molecule has 27 heavy (non-hydrogen) atoms. The third kappa shape index (κ3) is 11.8. The summed E-state index contributed by atoms with van der Waals surface area (Å²) in [7, 11) is 1.18. The molecule has 0 aliphatic heterocycles. The first-order valence-corrected chi connectivity index (χ1v) is 9.21. The number of ether oxygens (including phenoxy) is 1. The molecule has 0 aromatic carbocycles. The maximum absolute atomic E-state index is 11.7. The summed E-state index contributed by atoms with van der Waals surface area (Å²) in [4.78, 5) is 34.4. The summed E-state index contributed by atoms with van der Waals surface area (Å²) in [5.74, 6) is 0.260. The number of aliphatic hydroxyl groups is 1. The van der Waals surface area contributed by atoms with E-state index in [1.807, 2.05) is 32.1 Å². The van der Waals surface area contributed by atoms with Crippen LogP contribution in [0.15, 0.2) is 0 Å². The minimum absolute atomic E-state index is 0. The molecule has 2 rings (SSSR count). The van der Waals surface area contributed by atoms with E-state index in [2.05, 4.69) is 10.1 Å². The Balaban J connectivity index is 0.000000969. The van der Waals surface area contributed by atoms with E-state index in [1.54, 1.807) is 25.7 Å². The quantitative estimate of drug-likeness (QED) is 0.317. The molecule has 2 N–H and O–H groups in total. The first-order chi connectivity index (χ1) is 12.6. The number of nitrogens with one attached hydrogen (secondary N) is 1. The second-order valence-electron chi connectivity index (χ2n) is 5.19. The van der Waals surface area contributed by atoms with Crippen LogP contribution in [0.5, 0.6) is 0 Å². The Kier molecular flexibility index (Phi) is 16.1. The smallest absolute Gasteiger partial charge is 0.467 e. The molecule has 2 aliphatic carbocycles. The molecule has 10 radical (unpaired) electrons. The molecule has 0 bridgehead atoms. The number of esters is 1. The van der Waals surface area contributed by atoms with Gasteiger partial charge in [-0.05, 0) is 57.8 Å². The maximum Gasteiger partial charge on any atom is 2.00 e. The molecule has 0 aromatic heterocycles. The topological polar surface area (TPSA) is 92.7 Å². The fourth-order valence-corrected chi connectivity index (χ4v) is 2.65. The number of carbonyl (C=O) groups is 3. The molecule has 2 aliphatic rings. The van der Waals surface area contributed by atoms with E-state index in [4.69, 9.17) is 5.11 Å². The first kappa shape index (κ1) is 26.4. The van der Waals surface area contributed by atoms with Crippen LogP contribution in [0.25, 0.3) is 0 Å². The van der Waals surface area contributed by atoms with Crippen molar-refractivity contribution in [1.82, 2.24) is 5.32 Å². The molecule has 2 fully saturated rings. The number of hydrogen-bond acceptors (Lipinski definition) is 6. The van der Waals surface area contributed by atoms with Crippen LogP contribution < -0.4 is 5.32 Å². The van der Waals surface area contributed by atoms with Crippen molar-refractivity contribution in [3.63, 3.8) is 0 Å². The van der Waals surface area contributed by atoms with E-state index in [0.29, 0.717) is 18.1 Å². The SMILES string of the molecule is COC(=O)[C@H](CO)NC(=O)CSCCC(=O)[C]1[CH][CH][CH][CH]1.[CH]1[CH][CH][CH][CH]1.[Fe+2]. The molecule has 0 heterocycles. The van der Waals surface area contributed by atoms with Gasteiger partial charge in [0.1, 0.15) is 5.78 Å². The van der Waals surface area contributed by atoms with Gasteiger partial charge in [0.05, 0.1) is 19.5 Å². The van der Waals surface area contributed by atoms with Crippen molar-refractivity contribution in [2.45, 2.75) is 12.5 Å². The molecule has 0 spiro atoms. The predicted octanol–water partition coefficient (Wildman–Crippen LogP) is 0.753. The third-order valence-electron chi connectivity index (χ3n) is 3.25. The van der Waals surface area contributed by atoms with Crippen molar-refractivity contribution in [3.05, 3.63) is 63.7 Å². The molecule has 8 heteroatoms. The van der Waals surface area contributed by atoms with Gasteiger partial charge < -0.3 is 15.2 Å². The molecule has 0 unspecified atom stereocenters. The molecule has 1 atom stereocenters. The normalized spacial score (nSPS) is 17.3. The summed E-state index contributed by atoms with van der Waals surface area (Å²) in [5, 5.41) is 11.3. The minimum atomic E-state index is -1.05. The number of methoxy groups -OCH3 is 1. The van der Waals surface area contributed by atoms with Crippen LogP contribution in [0, 0.1) is 63.7 Å². The summed E-state index contributed by atoms with van der Waals surface area (Å²) < 4.78 is 4.44. The number of Topliss-reactive ketones (excluding diaryl/α,β-unsaturated/α-hetero) is 1. The molecule has 6 nitrogen and oxygen atoms in total. The van der Waals surface area contributed by atoms with Gasteiger partial charge in [-0.25, -0.2) is 4.79 Å². The van der Waals surface area contributed by atoms with E-state index in [9.17, 15) is 14.4 Å². The molecule has 1 amide bonds. The summed E-state index contributed by atoms with van der Waals surface area (Å²) >= 11 is 1.29. The summed E-state index contributed by atoms with van der Waals surface area (Å²) in [6.07, 6.45) is 17.5. The standard InChI is InChI=1S/C14H18NO5S.C5H5.Fe/c1-20-14(19)11(8-16)15-13(18)9-21-7-6-12(17)10-4-2-3-5-10;1-2-4-5-3-1;/h2-5,11,16H,6-9H2,1H3,(H,15,18);1-5H;/q;;+2/t11-;;/m0../s1. The Labute approximate surface area is 177 Å². The molecule has 2 saturated carbocycles. The largest absolute Gasteiger partial charge is 2.00 e. The van der Waals surface area contributed by atoms with Crippen molar-refractivity contribution in [2.75, 3.05) is 25.2 Å². The van der Waals surface area contributed by atoms with Gasteiger partial charge in [0, 0.05) is 18.1 Å². The van der Waals surface area contributed by atoms with Crippen molar-refractivity contribution in [2.24, 2.45) is 0 Å². The van der Waals surface area contributed by atoms with Gasteiger partial charge in [-0.1, -0.05) is 0 Å². The average molecular weight is 433 g/mol. The number of thioether (sulfide) groups is 1. The second-order valence-corrected chi connectivity index (χ2v) is 6.29. The number of carbonyl (C=O) groups excluding carboxylic acids is 3. The zero-order valence-electron chi connectivity index (χ0n) is 14.9.